The fraction of sp³-hybridized carbons (Fsp3) is 0.438. The summed E-state index contributed by atoms with van der Waals surface area (Å²) >= 11 is 0. The van der Waals surface area contributed by atoms with Gasteiger partial charge in [-0.2, -0.15) is 0 Å². The minimum Gasteiger partial charge on any atom is -0.481 e. The smallest absolute Gasteiger partial charge is 0.322 e. The number of aliphatic carboxylic acids is 1. The Hall–Kier alpha value is -2.37. The van der Waals surface area contributed by atoms with Crippen molar-refractivity contribution in [2.75, 3.05) is 0 Å². The first kappa shape index (κ1) is 13.3. The van der Waals surface area contributed by atoms with Crippen LogP contribution in [0.4, 0.5) is 4.79 Å². The number of imide groups is 1. The van der Waals surface area contributed by atoms with Crippen LogP contribution >= 0.6 is 0 Å². The summed E-state index contributed by atoms with van der Waals surface area (Å²) in [4.78, 5) is 35.9. The van der Waals surface area contributed by atoms with Gasteiger partial charge >= 0.3 is 12.0 Å². The van der Waals surface area contributed by atoms with Gasteiger partial charge in [-0.15, -0.1) is 0 Å². The van der Waals surface area contributed by atoms with Crippen molar-refractivity contribution >= 4 is 17.9 Å². The third-order valence-corrected chi connectivity index (χ3v) is 5.64. The molecular weight excluding hydrogens is 284 g/mol. The van der Waals surface area contributed by atoms with Crippen LogP contribution < -0.4 is 10.6 Å². The Labute approximate surface area is 126 Å². The summed E-state index contributed by atoms with van der Waals surface area (Å²) in [6.07, 6.45) is 1.87. The number of fused-ring (bicyclic) bond motifs is 1. The number of benzene rings is 1. The zero-order valence-corrected chi connectivity index (χ0v) is 11.8. The number of nitrogens with one attached hydrogen (secondary N) is 2. The van der Waals surface area contributed by atoms with Gasteiger partial charge in [0.25, 0.3) is 5.91 Å². The minimum atomic E-state index is -1.08. The van der Waals surface area contributed by atoms with E-state index in [1.54, 1.807) is 0 Å². The van der Waals surface area contributed by atoms with Crippen molar-refractivity contribution in [1.29, 1.82) is 0 Å². The van der Waals surface area contributed by atoms with Crippen molar-refractivity contribution in [2.45, 2.75) is 30.7 Å². The summed E-state index contributed by atoms with van der Waals surface area (Å²) < 4.78 is 0. The second-order valence-corrected chi connectivity index (χ2v) is 6.41. The summed E-state index contributed by atoms with van der Waals surface area (Å²) in [5.74, 6) is -2.15. The minimum absolute atomic E-state index is 0.238. The molecule has 1 aliphatic heterocycles. The third kappa shape index (κ3) is 1.37. The fourth-order valence-electron chi connectivity index (χ4n) is 4.88. The Balaban J connectivity index is 1.83. The van der Waals surface area contributed by atoms with Gasteiger partial charge in [-0.05, 0) is 24.8 Å². The molecule has 0 radical (unpaired) electrons. The van der Waals surface area contributed by atoms with Gasteiger partial charge in [0.1, 0.15) is 5.54 Å². The van der Waals surface area contributed by atoms with Gasteiger partial charge in [0.2, 0.25) is 0 Å². The molecule has 0 bridgehead atoms. The molecule has 3 fully saturated rings. The van der Waals surface area contributed by atoms with Crippen molar-refractivity contribution in [3.05, 3.63) is 35.9 Å². The van der Waals surface area contributed by atoms with E-state index in [4.69, 9.17) is 0 Å². The lowest BCUT2D eigenvalue weighted by molar-refractivity contribution is -0.140. The predicted octanol–water partition coefficient (Wildman–Crippen LogP) is 1.23. The van der Waals surface area contributed by atoms with Crippen LogP contribution in [-0.4, -0.2) is 28.6 Å². The van der Waals surface area contributed by atoms with E-state index in [0.29, 0.717) is 12.8 Å². The molecule has 1 heterocycles. The summed E-state index contributed by atoms with van der Waals surface area (Å²) in [6.45, 7) is 0. The highest BCUT2D eigenvalue weighted by molar-refractivity contribution is 6.09. The highest BCUT2D eigenvalue weighted by Crippen LogP contribution is 2.76. The van der Waals surface area contributed by atoms with Crippen molar-refractivity contribution in [1.82, 2.24) is 10.6 Å². The number of hydrogen-bond acceptors (Lipinski definition) is 3. The number of rotatable bonds is 2. The van der Waals surface area contributed by atoms with Crippen LogP contribution in [0.1, 0.15) is 30.7 Å². The monoisotopic (exact) mass is 300 g/mol. The van der Waals surface area contributed by atoms with Crippen molar-refractivity contribution in [2.24, 2.45) is 11.3 Å². The topological polar surface area (TPSA) is 95.5 Å². The molecule has 3 aliphatic rings. The number of carboxylic acid groups (broad SMARTS) is 1. The van der Waals surface area contributed by atoms with E-state index in [1.165, 1.54) is 0 Å². The average molecular weight is 300 g/mol. The normalized spacial score (nSPS) is 39.1. The number of urea groups is 1. The summed E-state index contributed by atoms with van der Waals surface area (Å²) in [7, 11) is 0. The summed E-state index contributed by atoms with van der Waals surface area (Å²) in [5.41, 5.74) is -0.866. The first-order valence-corrected chi connectivity index (χ1v) is 7.44. The Morgan fingerprint density at radius 2 is 1.91 bits per heavy atom. The van der Waals surface area contributed by atoms with E-state index in [1.807, 2.05) is 30.3 Å². The molecule has 2 aliphatic carbocycles. The lowest BCUT2D eigenvalue weighted by Gasteiger charge is -2.29. The largest absolute Gasteiger partial charge is 0.481 e. The lowest BCUT2D eigenvalue weighted by atomic mass is 9.79. The molecule has 1 saturated heterocycles. The number of carbonyl (C=O) groups excluding carboxylic acids is 2. The zero-order valence-electron chi connectivity index (χ0n) is 11.8. The van der Waals surface area contributed by atoms with Crippen molar-refractivity contribution < 1.29 is 19.5 Å². The van der Waals surface area contributed by atoms with Crippen LogP contribution in [0.15, 0.2) is 30.3 Å². The van der Waals surface area contributed by atoms with E-state index >= 15 is 0 Å². The number of hydrogen-bond donors (Lipinski definition) is 3. The molecule has 4 rings (SSSR count). The van der Waals surface area contributed by atoms with Crippen LogP contribution in [-0.2, 0) is 9.59 Å². The van der Waals surface area contributed by atoms with Gasteiger partial charge in [-0.3, -0.25) is 14.9 Å². The van der Waals surface area contributed by atoms with E-state index < -0.39 is 28.9 Å². The van der Waals surface area contributed by atoms with Gasteiger partial charge in [-0.1, -0.05) is 30.3 Å². The highest BCUT2D eigenvalue weighted by atomic mass is 16.4. The van der Waals surface area contributed by atoms with Crippen LogP contribution in [0.2, 0.25) is 0 Å². The molecule has 1 aromatic rings. The Morgan fingerprint density at radius 3 is 2.50 bits per heavy atom. The highest BCUT2D eigenvalue weighted by Gasteiger charge is 2.82. The number of carbonyl (C=O) groups is 3. The molecule has 1 aromatic carbocycles. The maximum Gasteiger partial charge on any atom is 0.322 e. The molecule has 114 valence electrons. The van der Waals surface area contributed by atoms with Gasteiger partial charge in [0.05, 0.1) is 5.92 Å². The second kappa shape index (κ2) is 4.09. The molecule has 22 heavy (non-hydrogen) atoms. The Bertz CT molecular complexity index is 689. The van der Waals surface area contributed by atoms with Gasteiger partial charge in [0.15, 0.2) is 0 Å². The van der Waals surface area contributed by atoms with Gasteiger partial charge in [-0.25, -0.2) is 4.79 Å². The standard InChI is InChI=1S/C16H16N2O4/c19-12(20)11-10(9-5-2-1-3-6-9)15(11)7-4-8-16(15)13(21)17-14(22)18-16/h1-3,5-6,10-11H,4,7-8H2,(H,19,20)(H2,17,18,21,22)/t10?,11?,15?,16-/m0/s1. The SMILES string of the molecule is O=C1NC(=O)[C@]2(CCCC23C(C(=O)O)C3c2ccccc2)N1. The molecule has 4 atom stereocenters. The zero-order chi connectivity index (χ0) is 15.5. The van der Waals surface area contributed by atoms with Crippen LogP contribution in [0.5, 0.6) is 0 Å². The van der Waals surface area contributed by atoms with Crippen LogP contribution in [0, 0.1) is 11.3 Å². The Kier molecular flexibility index (Phi) is 2.47. The van der Waals surface area contributed by atoms with Crippen LogP contribution in [0.25, 0.3) is 0 Å². The number of carboxylic acids is 1. The molecule has 6 nitrogen and oxygen atoms in total. The summed E-state index contributed by atoms with van der Waals surface area (Å²) in [6, 6.07) is 8.90. The molecule has 2 spiro atoms. The Morgan fingerprint density at radius 1 is 1.18 bits per heavy atom. The first-order valence-electron chi connectivity index (χ1n) is 7.44. The fourth-order valence-corrected chi connectivity index (χ4v) is 4.88. The second-order valence-electron chi connectivity index (χ2n) is 6.41. The molecule has 3 unspecified atom stereocenters. The molecule has 6 heteroatoms. The summed E-state index contributed by atoms with van der Waals surface area (Å²) in [5, 5.41) is 14.7. The quantitative estimate of drug-likeness (QED) is 0.716. The molecule has 3 amide bonds. The molecule has 0 aromatic heterocycles. The van der Waals surface area contributed by atoms with Crippen molar-refractivity contribution in [3.8, 4) is 0 Å². The van der Waals surface area contributed by atoms with Gasteiger partial charge < -0.3 is 10.4 Å². The molecular formula is C16H16N2O4. The first-order chi connectivity index (χ1) is 10.5. The average Bonchev–Trinajstić information content (AvgIpc) is 2.89. The maximum absolute atomic E-state index is 12.4. The predicted molar refractivity (Wildman–Crippen MR) is 76.0 cm³/mol. The molecule has 3 N–H and O–H groups in total. The molecule has 2 saturated carbocycles. The maximum atomic E-state index is 12.4. The third-order valence-electron chi connectivity index (χ3n) is 5.64. The van der Waals surface area contributed by atoms with E-state index in [-0.39, 0.29) is 11.8 Å². The lowest BCUT2D eigenvalue weighted by Crippen LogP contribution is -2.52. The van der Waals surface area contributed by atoms with E-state index in [0.717, 1.165) is 12.0 Å². The van der Waals surface area contributed by atoms with Crippen molar-refractivity contribution in [3.63, 3.8) is 0 Å². The van der Waals surface area contributed by atoms with E-state index in [9.17, 15) is 19.5 Å². The van der Waals surface area contributed by atoms with E-state index in [2.05, 4.69) is 10.6 Å². The van der Waals surface area contributed by atoms with Gasteiger partial charge in [0, 0.05) is 11.3 Å². The number of amides is 3. The van der Waals surface area contributed by atoms with Crippen LogP contribution in [0.3, 0.4) is 0 Å².